The summed E-state index contributed by atoms with van der Waals surface area (Å²) >= 11 is 1.26. The van der Waals surface area contributed by atoms with Gasteiger partial charge in [-0.2, -0.15) is 0 Å². The number of nitrogens with two attached hydrogens (primary N) is 1. The fourth-order valence-electron chi connectivity index (χ4n) is 4.94. The molecule has 5 rings (SSSR count). The smallest absolute Gasteiger partial charge is 0.273 e. The SMILES string of the molecule is CC(C)[C@@H]1NC(=O)CN(C(=O)c2cccc(CN)c2)CCNC(=O)c2coc(n2)[C@H](Cc2ccccc2)NC(=O)c2csc1n2. The van der Waals surface area contributed by atoms with Gasteiger partial charge in [-0.15, -0.1) is 11.3 Å². The number of carbonyl (C=O) groups excluding carboxylic acids is 4. The Balaban J connectivity index is 1.47. The standard InChI is InChI=1S/C32H35N7O5S/c1-19(2)27-31-37-25(18-45-31)29(42)35-23(14-20-7-4-3-5-8-20)30-36-24(17-44-30)28(41)34-11-12-39(16-26(40)38-27)32(43)22-10-6-9-21(13-22)15-33/h3-10,13,17-19,23,27H,11-12,14-16,33H2,1-2H3,(H,34,41)(H,35,42)(H,38,40)/t23-,27-/m0/s1. The largest absolute Gasteiger partial charge is 0.446 e. The van der Waals surface area contributed by atoms with Gasteiger partial charge in [0.25, 0.3) is 17.7 Å². The Bertz CT molecular complexity index is 1670. The van der Waals surface area contributed by atoms with Crippen molar-refractivity contribution in [2.24, 2.45) is 11.7 Å². The van der Waals surface area contributed by atoms with E-state index in [1.54, 1.807) is 23.6 Å². The lowest BCUT2D eigenvalue weighted by Gasteiger charge is -2.25. The van der Waals surface area contributed by atoms with E-state index in [0.29, 0.717) is 17.0 Å². The van der Waals surface area contributed by atoms with E-state index in [4.69, 9.17) is 10.2 Å². The fourth-order valence-corrected chi connectivity index (χ4v) is 5.96. The van der Waals surface area contributed by atoms with Crippen LogP contribution >= 0.6 is 11.3 Å². The zero-order chi connectivity index (χ0) is 31.9. The molecule has 2 atom stereocenters. The lowest BCUT2D eigenvalue weighted by Crippen LogP contribution is -2.45. The monoisotopic (exact) mass is 629 g/mol. The molecule has 0 fully saturated rings. The Morgan fingerprint density at radius 1 is 1.02 bits per heavy atom. The highest BCUT2D eigenvalue weighted by molar-refractivity contribution is 7.09. The quantitative estimate of drug-likeness (QED) is 0.261. The van der Waals surface area contributed by atoms with Crippen LogP contribution in [0.1, 0.15) is 79.3 Å². The van der Waals surface area contributed by atoms with Crippen LogP contribution in [0.15, 0.2) is 70.7 Å². The molecule has 13 heteroatoms. The van der Waals surface area contributed by atoms with Gasteiger partial charge in [0.1, 0.15) is 23.0 Å². The number of fused-ring (bicyclic) bond motifs is 4. The summed E-state index contributed by atoms with van der Waals surface area (Å²) in [5.41, 5.74) is 8.04. The number of amides is 4. The number of hydrogen-bond donors (Lipinski definition) is 4. The molecule has 1 aliphatic rings. The first kappa shape index (κ1) is 31.5. The van der Waals surface area contributed by atoms with Gasteiger partial charge in [-0.3, -0.25) is 19.2 Å². The van der Waals surface area contributed by atoms with Crippen molar-refractivity contribution in [1.82, 2.24) is 30.8 Å². The minimum absolute atomic E-state index is 0.0143. The molecule has 0 saturated heterocycles. The van der Waals surface area contributed by atoms with Crippen LogP contribution < -0.4 is 21.7 Å². The Kier molecular flexibility index (Phi) is 10.0. The number of aromatic nitrogens is 2. The second-order valence-corrected chi connectivity index (χ2v) is 11.9. The van der Waals surface area contributed by atoms with E-state index in [1.807, 2.05) is 50.2 Å². The summed E-state index contributed by atoms with van der Waals surface area (Å²) in [4.78, 5) is 63.7. The highest BCUT2D eigenvalue weighted by Gasteiger charge is 2.28. The molecule has 0 saturated carbocycles. The van der Waals surface area contributed by atoms with Crippen molar-refractivity contribution < 1.29 is 23.6 Å². The molecule has 4 amide bonds. The topological polar surface area (TPSA) is 173 Å². The second kappa shape index (κ2) is 14.3. The van der Waals surface area contributed by atoms with Crippen LogP contribution in [0.25, 0.3) is 0 Å². The van der Waals surface area contributed by atoms with Crippen LogP contribution in [-0.2, 0) is 17.8 Å². The average Bonchev–Trinajstić information content (AvgIpc) is 3.74. The maximum Gasteiger partial charge on any atom is 0.273 e. The van der Waals surface area contributed by atoms with E-state index in [-0.39, 0.29) is 55.3 Å². The van der Waals surface area contributed by atoms with E-state index >= 15 is 0 Å². The summed E-state index contributed by atoms with van der Waals surface area (Å²) < 4.78 is 5.69. The first-order valence-electron chi connectivity index (χ1n) is 14.6. The van der Waals surface area contributed by atoms with Crippen molar-refractivity contribution >= 4 is 35.0 Å². The number of carbonyl (C=O) groups is 4. The van der Waals surface area contributed by atoms with Crippen LogP contribution in [0.3, 0.4) is 0 Å². The highest BCUT2D eigenvalue weighted by Crippen LogP contribution is 2.26. The molecule has 0 spiro atoms. The zero-order valence-electron chi connectivity index (χ0n) is 25.0. The molecule has 3 heterocycles. The number of nitrogens with zero attached hydrogens (tertiary/aromatic N) is 3. The van der Waals surface area contributed by atoms with E-state index in [0.717, 1.165) is 11.1 Å². The summed E-state index contributed by atoms with van der Waals surface area (Å²) in [6, 6.07) is 15.2. The maximum absolute atomic E-state index is 13.6. The molecule has 2 aromatic heterocycles. The Morgan fingerprint density at radius 3 is 2.56 bits per heavy atom. The minimum Gasteiger partial charge on any atom is -0.446 e. The van der Waals surface area contributed by atoms with Crippen LogP contribution in [0.2, 0.25) is 0 Å². The summed E-state index contributed by atoms with van der Waals surface area (Å²) in [5.74, 6) is -1.67. The van der Waals surface area contributed by atoms with Crippen molar-refractivity contribution in [2.45, 2.75) is 38.9 Å². The van der Waals surface area contributed by atoms with Crippen molar-refractivity contribution in [3.63, 3.8) is 0 Å². The van der Waals surface area contributed by atoms with Gasteiger partial charge in [-0.1, -0.05) is 56.3 Å². The van der Waals surface area contributed by atoms with Gasteiger partial charge >= 0.3 is 0 Å². The third-order valence-electron chi connectivity index (χ3n) is 7.34. The van der Waals surface area contributed by atoms with Crippen molar-refractivity contribution in [3.05, 3.63) is 105 Å². The van der Waals surface area contributed by atoms with Gasteiger partial charge in [0.05, 0.1) is 12.6 Å². The normalized spacial score (nSPS) is 18.0. The van der Waals surface area contributed by atoms with Gasteiger partial charge in [0, 0.05) is 37.0 Å². The molecular weight excluding hydrogens is 594 g/mol. The molecule has 45 heavy (non-hydrogen) atoms. The molecule has 4 bridgehead atoms. The second-order valence-electron chi connectivity index (χ2n) is 11.0. The van der Waals surface area contributed by atoms with Crippen LogP contribution in [-0.4, -0.2) is 58.1 Å². The summed E-state index contributed by atoms with van der Waals surface area (Å²) in [7, 11) is 0. The molecule has 4 aromatic rings. The zero-order valence-corrected chi connectivity index (χ0v) is 25.8. The van der Waals surface area contributed by atoms with Gasteiger partial charge in [0.2, 0.25) is 11.8 Å². The lowest BCUT2D eigenvalue weighted by molar-refractivity contribution is -0.122. The summed E-state index contributed by atoms with van der Waals surface area (Å²) in [5, 5.41) is 10.9. The number of thiazole rings is 1. The Labute approximate surface area is 264 Å². The van der Waals surface area contributed by atoms with Crippen LogP contribution in [0, 0.1) is 5.92 Å². The molecule has 5 N–H and O–H groups in total. The number of benzene rings is 2. The number of oxazole rings is 1. The number of nitrogens with one attached hydrogen (secondary N) is 3. The molecule has 12 nitrogen and oxygen atoms in total. The van der Waals surface area contributed by atoms with Crippen molar-refractivity contribution in [3.8, 4) is 0 Å². The predicted octanol–water partition coefficient (Wildman–Crippen LogP) is 3.00. The van der Waals surface area contributed by atoms with Gasteiger partial charge < -0.3 is 31.0 Å². The molecule has 0 unspecified atom stereocenters. The maximum atomic E-state index is 13.6. The Morgan fingerprint density at radius 2 is 1.80 bits per heavy atom. The molecular formula is C32H35N7O5S. The van der Waals surface area contributed by atoms with Gasteiger partial charge in [-0.05, 0) is 29.2 Å². The van der Waals surface area contributed by atoms with Crippen LogP contribution in [0.4, 0.5) is 0 Å². The minimum atomic E-state index is -0.691. The number of hydrogen-bond acceptors (Lipinski definition) is 9. The van der Waals surface area contributed by atoms with Crippen LogP contribution in [0.5, 0.6) is 0 Å². The molecule has 234 valence electrons. The number of rotatable bonds is 5. The third kappa shape index (κ3) is 7.80. The van der Waals surface area contributed by atoms with Crippen molar-refractivity contribution in [2.75, 3.05) is 19.6 Å². The first-order valence-corrected chi connectivity index (χ1v) is 15.5. The molecule has 1 aliphatic heterocycles. The van der Waals surface area contributed by atoms with E-state index in [1.165, 1.54) is 22.5 Å². The Hall–Kier alpha value is -4.88. The first-order chi connectivity index (χ1) is 21.7. The molecule has 0 radical (unpaired) electrons. The van der Waals surface area contributed by atoms with E-state index in [2.05, 4.69) is 25.9 Å². The third-order valence-corrected chi connectivity index (χ3v) is 8.27. The predicted molar refractivity (Wildman–Crippen MR) is 167 cm³/mol. The van der Waals surface area contributed by atoms with E-state index < -0.39 is 29.8 Å². The summed E-state index contributed by atoms with van der Waals surface area (Å²) in [6.45, 7) is 3.96. The average molecular weight is 630 g/mol. The fraction of sp³-hybridized carbons (Fsp3) is 0.312. The summed E-state index contributed by atoms with van der Waals surface area (Å²) in [6.07, 6.45) is 1.59. The van der Waals surface area contributed by atoms with Gasteiger partial charge in [-0.25, -0.2) is 9.97 Å². The molecule has 2 aromatic carbocycles. The molecule has 0 aliphatic carbocycles. The van der Waals surface area contributed by atoms with Crippen molar-refractivity contribution in [1.29, 1.82) is 0 Å². The van der Waals surface area contributed by atoms with E-state index in [9.17, 15) is 19.2 Å². The van der Waals surface area contributed by atoms with Gasteiger partial charge in [0.15, 0.2) is 5.69 Å². The lowest BCUT2D eigenvalue weighted by atomic mass is 10.0. The highest BCUT2D eigenvalue weighted by atomic mass is 32.1.